The second-order valence-electron chi connectivity index (χ2n) is 12.3. The van der Waals surface area contributed by atoms with E-state index in [4.69, 9.17) is 4.74 Å². The molecule has 0 spiro atoms. The molecule has 8 heteroatoms. The van der Waals surface area contributed by atoms with Crippen molar-refractivity contribution < 1.29 is 19.1 Å². The fraction of sp³-hybridized carbons (Fsp3) is 0.324. The second kappa shape index (κ2) is 10.8. The predicted molar refractivity (Wildman–Crippen MR) is 168 cm³/mol. The van der Waals surface area contributed by atoms with Crippen molar-refractivity contribution in [2.24, 2.45) is 17.8 Å². The van der Waals surface area contributed by atoms with E-state index in [1.807, 2.05) is 30.3 Å². The van der Waals surface area contributed by atoms with Crippen LogP contribution in [0.25, 0.3) is 6.08 Å². The monoisotopic (exact) mass is 688 g/mol. The number of rotatable bonds is 6. The highest BCUT2D eigenvalue weighted by atomic mass is 79.9. The van der Waals surface area contributed by atoms with Crippen LogP contribution in [0.15, 0.2) is 81.2 Å². The Balaban J connectivity index is 1.07. The maximum absolute atomic E-state index is 13.5. The zero-order chi connectivity index (χ0) is 29.0. The van der Waals surface area contributed by atoms with E-state index in [0.717, 1.165) is 37.2 Å². The number of carbonyl (C=O) groups excluding carboxylic acids is 3. The van der Waals surface area contributed by atoms with Crippen LogP contribution in [0.1, 0.15) is 55.2 Å². The minimum atomic E-state index is -0.729. The highest BCUT2D eigenvalue weighted by molar-refractivity contribution is 9.11. The van der Waals surface area contributed by atoms with E-state index in [0.29, 0.717) is 23.6 Å². The highest BCUT2D eigenvalue weighted by Crippen LogP contribution is 2.60. The van der Waals surface area contributed by atoms with Gasteiger partial charge in [0, 0.05) is 14.5 Å². The lowest BCUT2D eigenvalue weighted by atomic mass is 9.48. The zero-order valence-corrected chi connectivity index (χ0v) is 26.1. The Morgan fingerprint density at radius 3 is 2.12 bits per heavy atom. The van der Waals surface area contributed by atoms with E-state index >= 15 is 0 Å². The summed E-state index contributed by atoms with van der Waals surface area (Å²) in [4.78, 5) is 40.1. The molecule has 1 aliphatic heterocycles. The average Bonchev–Trinajstić information content (AvgIpc) is 2.95. The quantitative estimate of drug-likeness (QED) is 0.211. The number of benzene rings is 3. The smallest absolute Gasteiger partial charge is 0.335 e. The molecule has 214 valence electrons. The van der Waals surface area contributed by atoms with Crippen LogP contribution in [-0.4, -0.2) is 17.8 Å². The Bertz CT molecular complexity index is 1580. The number of amides is 4. The summed E-state index contributed by atoms with van der Waals surface area (Å²) < 4.78 is 7.83. The molecule has 3 aromatic rings. The van der Waals surface area contributed by atoms with Crippen LogP contribution >= 0.6 is 31.9 Å². The third-order valence-corrected chi connectivity index (χ3v) is 10.7. The molecular formula is C34H30Br2N2O4. The Labute approximate surface area is 261 Å². The lowest BCUT2D eigenvalue weighted by molar-refractivity contribution is -0.122. The van der Waals surface area contributed by atoms with E-state index in [2.05, 4.69) is 49.3 Å². The van der Waals surface area contributed by atoms with Gasteiger partial charge in [-0.2, -0.15) is 0 Å². The third-order valence-electron chi connectivity index (χ3n) is 9.48. The number of anilines is 1. The van der Waals surface area contributed by atoms with Crippen LogP contribution in [0.3, 0.4) is 0 Å². The van der Waals surface area contributed by atoms with Gasteiger partial charge < -0.3 is 4.74 Å². The molecule has 8 rings (SSSR count). The average molecular weight is 690 g/mol. The Hall–Kier alpha value is -3.23. The van der Waals surface area contributed by atoms with Crippen molar-refractivity contribution in [1.29, 1.82) is 0 Å². The number of nitrogens with zero attached hydrogens (tertiary/aromatic N) is 1. The number of barbiturate groups is 1. The molecule has 5 aliphatic rings. The van der Waals surface area contributed by atoms with E-state index in [9.17, 15) is 14.4 Å². The molecule has 4 amide bonds. The number of hydrogen-bond acceptors (Lipinski definition) is 4. The van der Waals surface area contributed by atoms with Gasteiger partial charge in [-0.3, -0.25) is 14.9 Å². The van der Waals surface area contributed by atoms with Crippen LogP contribution in [0.2, 0.25) is 0 Å². The van der Waals surface area contributed by atoms with Crippen molar-refractivity contribution in [3.8, 4) is 5.75 Å². The molecule has 1 N–H and O–H groups in total. The van der Waals surface area contributed by atoms with Gasteiger partial charge in [0.05, 0.1) is 5.69 Å². The van der Waals surface area contributed by atoms with Crippen LogP contribution < -0.4 is 15.0 Å². The van der Waals surface area contributed by atoms with E-state index < -0.39 is 17.8 Å². The topological polar surface area (TPSA) is 75.7 Å². The van der Waals surface area contributed by atoms with Crippen molar-refractivity contribution in [3.63, 3.8) is 0 Å². The minimum absolute atomic E-state index is 0.0905. The van der Waals surface area contributed by atoms with Crippen molar-refractivity contribution in [2.45, 2.75) is 50.5 Å². The predicted octanol–water partition coefficient (Wildman–Crippen LogP) is 7.92. The molecule has 3 aromatic carbocycles. The molecule has 5 fully saturated rings. The summed E-state index contributed by atoms with van der Waals surface area (Å²) in [6.45, 7) is 0.383. The van der Waals surface area contributed by atoms with Gasteiger partial charge in [-0.05, 0) is 115 Å². The molecule has 4 aliphatic carbocycles. The number of imide groups is 2. The number of ether oxygens (including phenoxy) is 1. The molecule has 0 radical (unpaired) electrons. The van der Waals surface area contributed by atoms with E-state index in [-0.39, 0.29) is 11.0 Å². The summed E-state index contributed by atoms with van der Waals surface area (Å²) in [5.74, 6) is 1.82. The molecule has 4 bridgehead atoms. The molecule has 0 aromatic heterocycles. The van der Waals surface area contributed by atoms with Crippen molar-refractivity contribution >= 4 is 61.5 Å². The number of hydrogen-bond donors (Lipinski definition) is 1. The summed E-state index contributed by atoms with van der Waals surface area (Å²) in [6, 6.07) is 20.2. The summed E-state index contributed by atoms with van der Waals surface area (Å²) >= 11 is 6.99. The standard InChI is InChI=1S/C34H30Br2N2O4/c35-26-6-3-24(30(36)15-26)19-42-28-9-1-20(2-10-28)14-29-31(39)37-33(41)38(32(29)40)27-7-4-25(5-8-27)34-16-21-11-22(17-34)13-23(12-21)18-34/h1-10,14-15,21-23H,11-13,16-19H2,(H,37,39,41)/b29-14+. The number of urea groups is 1. The first kappa shape index (κ1) is 27.6. The maximum Gasteiger partial charge on any atom is 0.335 e. The number of carbonyl (C=O) groups is 3. The van der Waals surface area contributed by atoms with Crippen LogP contribution in [0.5, 0.6) is 5.75 Å². The fourth-order valence-corrected chi connectivity index (χ4v) is 9.11. The third kappa shape index (κ3) is 5.13. The second-order valence-corrected chi connectivity index (χ2v) is 14.1. The molecule has 1 heterocycles. The van der Waals surface area contributed by atoms with Crippen molar-refractivity contribution in [1.82, 2.24) is 5.32 Å². The van der Waals surface area contributed by atoms with Gasteiger partial charge in [-0.15, -0.1) is 0 Å². The molecule has 1 saturated heterocycles. The number of nitrogens with one attached hydrogen (secondary N) is 1. The SMILES string of the molecule is O=C1NC(=O)N(c2ccc(C34CC5CC(CC(C5)C3)C4)cc2)C(=O)/C1=C/c1ccc(OCc2ccc(Br)cc2Br)cc1. The Morgan fingerprint density at radius 1 is 0.857 bits per heavy atom. The van der Waals surface area contributed by atoms with Gasteiger partial charge in [0.25, 0.3) is 11.8 Å². The molecule has 42 heavy (non-hydrogen) atoms. The number of halogens is 2. The van der Waals surface area contributed by atoms with Crippen LogP contribution in [-0.2, 0) is 21.6 Å². The molecule has 4 saturated carbocycles. The first-order chi connectivity index (χ1) is 20.3. The lowest BCUT2D eigenvalue weighted by Gasteiger charge is -2.57. The van der Waals surface area contributed by atoms with Gasteiger partial charge in [0.15, 0.2) is 0 Å². The van der Waals surface area contributed by atoms with Crippen LogP contribution in [0.4, 0.5) is 10.5 Å². The molecule has 0 unspecified atom stereocenters. The summed E-state index contributed by atoms with van der Waals surface area (Å²) in [6.07, 6.45) is 9.38. The highest BCUT2D eigenvalue weighted by Gasteiger charge is 2.51. The van der Waals surface area contributed by atoms with Crippen molar-refractivity contribution in [2.75, 3.05) is 4.90 Å². The maximum atomic E-state index is 13.5. The molecule has 6 nitrogen and oxygen atoms in total. The molecular weight excluding hydrogens is 660 g/mol. The Morgan fingerprint density at radius 2 is 1.50 bits per heavy atom. The van der Waals surface area contributed by atoms with E-state index in [1.165, 1.54) is 50.2 Å². The minimum Gasteiger partial charge on any atom is -0.489 e. The van der Waals surface area contributed by atoms with Crippen LogP contribution in [0, 0.1) is 17.8 Å². The van der Waals surface area contributed by atoms with E-state index in [1.54, 1.807) is 24.3 Å². The van der Waals surface area contributed by atoms with Gasteiger partial charge in [-0.1, -0.05) is 62.2 Å². The van der Waals surface area contributed by atoms with Gasteiger partial charge in [0.2, 0.25) is 0 Å². The zero-order valence-electron chi connectivity index (χ0n) is 22.9. The Kier molecular flexibility index (Phi) is 7.09. The van der Waals surface area contributed by atoms with Crippen molar-refractivity contribution in [3.05, 3.63) is 97.9 Å². The normalized spacial score (nSPS) is 27.5. The fourth-order valence-electron chi connectivity index (χ4n) is 7.95. The molecule has 0 atom stereocenters. The summed E-state index contributed by atoms with van der Waals surface area (Å²) in [5, 5.41) is 2.34. The van der Waals surface area contributed by atoms with Gasteiger partial charge in [0.1, 0.15) is 17.9 Å². The first-order valence-corrected chi connectivity index (χ1v) is 16.0. The summed E-state index contributed by atoms with van der Waals surface area (Å²) in [5.41, 5.74) is 3.57. The van der Waals surface area contributed by atoms with Gasteiger partial charge >= 0.3 is 6.03 Å². The largest absolute Gasteiger partial charge is 0.489 e. The first-order valence-electron chi connectivity index (χ1n) is 14.5. The lowest BCUT2D eigenvalue weighted by Crippen LogP contribution is -2.54. The summed E-state index contributed by atoms with van der Waals surface area (Å²) in [7, 11) is 0. The van der Waals surface area contributed by atoms with Gasteiger partial charge in [-0.25, -0.2) is 9.69 Å².